The molecule has 1 amide bonds. The molecule has 0 bridgehead atoms. The van der Waals surface area contributed by atoms with Gasteiger partial charge in [0.25, 0.3) is 0 Å². The molecule has 0 radical (unpaired) electrons. The first-order valence-corrected chi connectivity index (χ1v) is 6.92. The Morgan fingerprint density at radius 1 is 1.18 bits per heavy atom. The molecule has 0 aromatic heterocycles. The maximum absolute atomic E-state index is 11.9. The summed E-state index contributed by atoms with van der Waals surface area (Å²) in [4.78, 5) is 22.8. The van der Waals surface area contributed by atoms with Gasteiger partial charge in [0.2, 0.25) is 5.91 Å². The van der Waals surface area contributed by atoms with Gasteiger partial charge in [-0.3, -0.25) is 4.79 Å². The number of aromatic carboxylic acids is 1. The van der Waals surface area contributed by atoms with Crippen LogP contribution in [0.25, 0.3) is 6.08 Å². The van der Waals surface area contributed by atoms with Gasteiger partial charge in [0.05, 0.1) is 16.3 Å². The Bertz CT molecular complexity index is 753. The minimum atomic E-state index is -1.08. The lowest BCUT2D eigenvalue weighted by Gasteiger charge is -2.06. The predicted octanol–water partition coefficient (Wildman–Crippen LogP) is 4.00. The van der Waals surface area contributed by atoms with Crippen LogP contribution in [0.15, 0.2) is 48.5 Å². The summed E-state index contributed by atoms with van der Waals surface area (Å²) in [6.07, 6.45) is 3.05. The monoisotopic (exact) mass is 315 g/mol. The second-order valence-corrected chi connectivity index (χ2v) is 5.14. The fourth-order valence-corrected chi connectivity index (χ4v) is 2.04. The minimum Gasteiger partial charge on any atom is -0.478 e. The molecule has 0 unspecified atom stereocenters. The van der Waals surface area contributed by atoms with Crippen LogP contribution in [-0.2, 0) is 4.79 Å². The molecule has 0 saturated heterocycles. The number of carboxylic acid groups (broad SMARTS) is 1. The molecule has 2 aromatic carbocycles. The Hall–Kier alpha value is -2.59. The number of anilines is 1. The summed E-state index contributed by atoms with van der Waals surface area (Å²) >= 11 is 5.95. The van der Waals surface area contributed by atoms with E-state index in [1.165, 1.54) is 24.3 Å². The Balaban J connectivity index is 2.12. The molecule has 0 saturated carbocycles. The Kier molecular flexibility index (Phi) is 4.96. The second kappa shape index (κ2) is 6.91. The molecular formula is C17H14ClNO3. The minimum absolute atomic E-state index is 0.0577. The van der Waals surface area contributed by atoms with Crippen LogP contribution in [0.1, 0.15) is 21.5 Å². The van der Waals surface area contributed by atoms with E-state index < -0.39 is 5.97 Å². The van der Waals surface area contributed by atoms with Crippen molar-refractivity contribution < 1.29 is 14.7 Å². The topological polar surface area (TPSA) is 66.4 Å². The lowest BCUT2D eigenvalue weighted by Crippen LogP contribution is -2.09. The summed E-state index contributed by atoms with van der Waals surface area (Å²) in [7, 11) is 0. The maximum Gasteiger partial charge on any atom is 0.335 e. The van der Waals surface area contributed by atoms with Gasteiger partial charge in [-0.1, -0.05) is 41.4 Å². The smallest absolute Gasteiger partial charge is 0.335 e. The number of aryl methyl sites for hydroxylation is 1. The highest BCUT2D eigenvalue weighted by Crippen LogP contribution is 2.23. The summed E-state index contributed by atoms with van der Waals surface area (Å²) < 4.78 is 0. The number of rotatable bonds is 4. The first-order valence-electron chi connectivity index (χ1n) is 6.54. The largest absolute Gasteiger partial charge is 0.478 e. The number of hydrogen-bond acceptors (Lipinski definition) is 2. The zero-order chi connectivity index (χ0) is 16.1. The average Bonchev–Trinajstić information content (AvgIpc) is 2.47. The third-order valence-electron chi connectivity index (χ3n) is 2.94. The van der Waals surface area contributed by atoms with Crippen molar-refractivity contribution in [2.45, 2.75) is 6.92 Å². The zero-order valence-corrected chi connectivity index (χ0v) is 12.6. The van der Waals surface area contributed by atoms with Crippen molar-refractivity contribution in [2.24, 2.45) is 0 Å². The van der Waals surface area contributed by atoms with Crippen molar-refractivity contribution in [3.63, 3.8) is 0 Å². The fourth-order valence-electron chi connectivity index (χ4n) is 1.87. The molecule has 2 N–H and O–H groups in total. The van der Waals surface area contributed by atoms with E-state index in [0.29, 0.717) is 0 Å². The lowest BCUT2D eigenvalue weighted by molar-refractivity contribution is -0.111. The molecule has 5 heteroatoms. The first kappa shape index (κ1) is 15.8. The third kappa shape index (κ3) is 4.20. The van der Waals surface area contributed by atoms with E-state index in [-0.39, 0.29) is 22.2 Å². The molecule has 0 fully saturated rings. The number of carboxylic acids is 1. The molecule has 2 aromatic rings. The standard InChI is InChI=1S/C17H14ClNO3/c1-11-3-2-4-12(9-11)5-8-16(20)19-15-10-13(17(21)22)6-7-14(15)18/h2-10H,1H3,(H,19,20)(H,21,22). The van der Waals surface area contributed by atoms with Gasteiger partial charge >= 0.3 is 5.97 Å². The van der Waals surface area contributed by atoms with Crippen LogP contribution < -0.4 is 5.32 Å². The molecular weight excluding hydrogens is 302 g/mol. The van der Waals surface area contributed by atoms with E-state index in [2.05, 4.69) is 5.32 Å². The number of amides is 1. The molecule has 0 heterocycles. The third-order valence-corrected chi connectivity index (χ3v) is 3.27. The molecule has 0 aliphatic heterocycles. The van der Waals surface area contributed by atoms with Gasteiger partial charge in [-0.15, -0.1) is 0 Å². The van der Waals surface area contributed by atoms with Crippen LogP contribution >= 0.6 is 11.6 Å². The highest BCUT2D eigenvalue weighted by Gasteiger charge is 2.08. The van der Waals surface area contributed by atoms with Crippen molar-refractivity contribution in [3.05, 3.63) is 70.3 Å². The summed E-state index contributed by atoms with van der Waals surface area (Å²) in [5, 5.41) is 11.8. The van der Waals surface area contributed by atoms with Crippen LogP contribution in [0, 0.1) is 6.92 Å². The van der Waals surface area contributed by atoms with Crippen LogP contribution in [0.4, 0.5) is 5.69 Å². The van der Waals surface area contributed by atoms with E-state index in [1.54, 1.807) is 6.08 Å². The summed E-state index contributed by atoms with van der Waals surface area (Å²) in [5.41, 5.74) is 2.32. The first-order chi connectivity index (χ1) is 10.5. The van der Waals surface area contributed by atoms with Crippen molar-refractivity contribution >= 4 is 35.2 Å². The predicted molar refractivity (Wildman–Crippen MR) is 87.3 cm³/mol. The highest BCUT2D eigenvalue weighted by atomic mass is 35.5. The maximum atomic E-state index is 11.9. The average molecular weight is 316 g/mol. The Morgan fingerprint density at radius 3 is 2.64 bits per heavy atom. The Labute approximate surface area is 133 Å². The summed E-state index contributed by atoms with van der Waals surface area (Å²) in [6.45, 7) is 1.97. The number of carbonyl (C=O) groups is 2. The normalized spacial score (nSPS) is 10.6. The van der Waals surface area contributed by atoms with Crippen molar-refractivity contribution in [1.29, 1.82) is 0 Å². The number of carbonyl (C=O) groups excluding carboxylic acids is 1. The molecule has 0 aliphatic rings. The summed E-state index contributed by atoms with van der Waals surface area (Å²) in [6, 6.07) is 11.8. The van der Waals surface area contributed by atoms with Crippen LogP contribution in [-0.4, -0.2) is 17.0 Å². The van der Waals surface area contributed by atoms with Gasteiger partial charge in [0.1, 0.15) is 0 Å². The molecule has 0 spiro atoms. The Morgan fingerprint density at radius 2 is 1.95 bits per heavy atom. The summed E-state index contributed by atoms with van der Waals surface area (Å²) in [5.74, 6) is -1.46. The van der Waals surface area contributed by atoms with Gasteiger partial charge in [0, 0.05) is 6.08 Å². The molecule has 4 nitrogen and oxygen atoms in total. The molecule has 22 heavy (non-hydrogen) atoms. The fraction of sp³-hybridized carbons (Fsp3) is 0.0588. The molecule has 112 valence electrons. The van der Waals surface area contributed by atoms with Crippen molar-refractivity contribution in [3.8, 4) is 0 Å². The number of hydrogen-bond donors (Lipinski definition) is 2. The highest BCUT2D eigenvalue weighted by molar-refractivity contribution is 6.34. The lowest BCUT2D eigenvalue weighted by atomic mass is 10.1. The number of halogens is 1. The van der Waals surface area contributed by atoms with Gasteiger partial charge in [-0.25, -0.2) is 4.79 Å². The van der Waals surface area contributed by atoms with E-state index in [0.717, 1.165) is 11.1 Å². The van der Waals surface area contributed by atoms with E-state index >= 15 is 0 Å². The van der Waals surface area contributed by atoms with E-state index in [4.69, 9.17) is 16.7 Å². The SMILES string of the molecule is Cc1cccc(C=CC(=O)Nc2cc(C(=O)O)ccc2Cl)c1. The zero-order valence-electron chi connectivity index (χ0n) is 11.8. The van der Waals surface area contributed by atoms with Gasteiger partial charge < -0.3 is 10.4 Å². The van der Waals surface area contributed by atoms with Crippen LogP contribution in [0.3, 0.4) is 0 Å². The van der Waals surface area contributed by atoms with Gasteiger partial charge in [-0.2, -0.15) is 0 Å². The van der Waals surface area contributed by atoms with E-state index in [9.17, 15) is 9.59 Å². The quantitative estimate of drug-likeness (QED) is 0.838. The van der Waals surface area contributed by atoms with Crippen LogP contribution in [0.2, 0.25) is 5.02 Å². The molecule has 0 aliphatic carbocycles. The molecule has 2 rings (SSSR count). The van der Waals surface area contributed by atoms with Crippen molar-refractivity contribution in [2.75, 3.05) is 5.32 Å². The number of nitrogens with one attached hydrogen (secondary N) is 1. The van der Waals surface area contributed by atoms with Crippen molar-refractivity contribution in [1.82, 2.24) is 0 Å². The van der Waals surface area contributed by atoms with Gasteiger partial charge in [0.15, 0.2) is 0 Å². The van der Waals surface area contributed by atoms with Crippen LogP contribution in [0.5, 0.6) is 0 Å². The molecule has 0 atom stereocenters. The van der Waals surface area contributed by atoms with E-state index in [1.807, 2.05) is 31.2 Å². The number of benzene rings is 2. The van der Waals surface area contributed by atoms with Gasteiger partial charge in [-0.05, 0) is 36.8 Å². The second-order valence-electron chi connectivity index (χ2n) is 4.74.